The summed E-state index contributed by atoms with van der Waals surface area (Å²) in [6.07, 6.45) is 1.90. The van der Waals surface area contributed by atoms with Gasteiger partial charge in [0.15, 0.2) is 5.96 Å². The van der Waals surface area contributed by atoms with Crippen molar-refractivity contribution in [3.05, 3.63) is 0 Å². The maximum atomic E-state index is 12.2. The third-order valence-electron chi connectivity index (χ3n) is 3.45. The largest absolute Gasteiger partial charge is 0.444 e. The molecule has 1 atom stereocenters. The molecule has 0 bridgehead atoms. The lowest BCUT2D eigenvalue weighted by Gasteiger charge is -2.33. The number of rotatable bonds is 4. The third-order valence-corrected chi connectivity index (χ3v) is 3.45. The van der Waals surface area contributed by atoms with Crippen LogP contribution in [0.3, 0.4) is 0 Å². The highest BCUT2D eigenvalue weighted by atomic mass is 16.6. The molecule has 1 fully saturated rings. The van der Waals surface area contributed by atoms with Crippen molar-refractivity contribution in [2.45, 2.75) is 66.0 Å². The molecule has 0 aromatic rings. The number of piperidine rings is 1. The Hall–Kier alpha value is -1.46. The van der Waals surface area contributed by atoms with E-state index in [0.717, 1.165) is 45.0 Å². The van der Waals surface area contributed by atoms with Crippen molar-refractivity contribution in [1.29, 1.82) is 0 Å². The fourth-order valence-electron chi connectivity index (χ4n) is 2.52. The fourth-order valence-corrected chi connectivity index (χ4v) is 2.52. The molecular formula is C17H34N4O2. The Morgan fingerprint density at radius 1 is 1.39 bits per heavy atom. The zero-order chi connectivity index (χ0) is 17.5. The SMILES string of the molecule is CCNC(=NCC1CCCN(C(=O)OC(C)(C)C)C1)NC(C)C. The summed E-state index contributed by atoms with van der Waals surface area (Å²) in [5.74, 6) is 1.23. The first-order valence-electron chi connectivity index (χ1n) is 8.74. The number of amides is 1. The number of guanidine groups is 1. The van der Waals surface area contributed by atoms with Crippen LogP contribution in [0, 0.1) is 5.92 Å². The molecule has 1 aliphatic heterocycles. The van der Waals surface area contributed by atoms with Crippen LogP contribution in [0.15, 0.2) is 4.99 Å². The first-order valence-corrected chi connectivity index (χ1v) is 8.74. The zero-order valence-corrected chi connectivity index (χ0v) is 15.6. The normalized spacial score (nSPS) is 19.7. The molecule has 1 amide bonds. The minimum atomic E-state index is -0.443. The lowest BCUT2D eigenvalue weighted by atomic mass is 9.98. The highest BCUT2D eigenvalue weighted by molar-refractivity contribution is 5.80. The van der Waals surface area contributed by atoms with Gasteiger partial charge >= 0.3 is 6.09 Å². The van der Waals surface area contributed by atoms with E-state index >= 15 is 0 Å². The van der Waals surface area contributed by atoms with E-state index in [1.54, 1.807) is 0 Å². The second-order valence-corrected chi connectivity index (χ2v) is 7.45. The predicted molar refractivity (Wildman–Crippen MR) is 94.8 cm³/mol. The summed E-state index contributed by atoms with van der Waals surface area (Å²) in [7, 11) is 0. The quantitative estimate of drug-likeness (QED) is 0.615. The minimum absolute atomic E-state index is 0.210. The number of carbonyl (C=O) groups is 1. The van der Waals surface area contributed by atoms with Crippen LogP contribution in [0.5, 0.6) is 0 Å². The smallest absolute Gasteiger partial charge is 0.410 e. The second-order valence-electron chi connectivity index (χ2n) is 7.45. The van der Waals surface area contributed by atoms with Gasteiger partial charge < -0.3 is 20.3 Å². The van der Waals surface area contributed by atoms with Gasteiger partial charge in [-0.2, -0.15) is 0 Å². The van der Waals surface area contributed by atoms with Crippen molar-refractivity contribution < 1.29 is 9.53 Å². The van der Waals surface area contributed by atoms with Gasteiger partial charge in [0.2, 0.25) is 0 Å². The van der Waals surface area contributed by atoms with E-state index in [2.05, 4.69) is 36.4 Å². The van der Waals surface area contributed by atoms with Crippen molar-refractivity contribution in [2.75, 3.05) is 26.2 Å². The molecule has 0 aromatic heterocycles. The Balaban J connectivity index is 2.55. The van der Waals surface area contributed by atoms with Crippen LogP contribution in [0.1, 0.15) is 54.4 Å². The van der Waals surface area contributed by atoms with Crippen molar-refractivity contribution in [2.24, 2.45) is 10.9 Å². The Morgan fingerprint density at radius 2 is 2.09 bits per heavy atom. The van der Waals surface area contributed by atoms with Crippen LogP contribution in [0.4, 0.5) is 4.79 Å². The summed E-state index contributed by atoms with van der Waals surface area (Å²) >= 11 is 0. The molecule has 1 saturated heterocycles. The van der Waals surface area contributed by atoms with Crippen LogP contribution < -0.4 is 10.6 Å². The Labute approximate surface area is 141 Å². The molecule has 6 nitrogen and oxygen atoms in total. The number of aliphatic imine (C=N–C) groups is 1. The van der Waals surface area contributed by atoms with E-state index in [4.69, 9.17) is 4.74 Å². The van der Waals surface area contributed by atoms with Crippen LogP contribution in [-0.2, 0) is 4.74 Å². The number of nitrogens with zero attached hydrogens (tertiary/aromatic N) is 2. The average molecular weight is 326 g/mol. The number of ether oxygens (including phenoxy) is 1. The molecule has 1 rings (SSSR count). The molecule has 0 saturated carbocycles. The maximum absolute atomic E-state index is 12.2. The van der Waals surface area contributed by atoms with E-state index in [-0.39, 0.29) is 6.09 Å². The summed E-state index contributed by atoms with van der Waals surface area (Å²) in [6, 6.07) is 0.345. The van der Waals surface area contributed by atoms with Gasteiger partial charge in [0.05, 0.1) is 0 Å². The molecule has 1 unspecified atom stereocenters. The number of nitrogens with one attached hydrogen (secondary N) is 2. The van der Waals surface area contributed by atoms with Gasteiger partial charge in [0.25, 0.3) is 0 Å². The summed E-state index contributed by atoms with van der Waals surface area (Å²) in [5.41, 5.74) is -0.443. The molecule has 0 radical (unpaired) electrons. The fraction of sp³-hybridized carbons (Fsp3) is 0.882. The number of hydrogen-bond donors (Lipinski definition) is 2. The first-order chi connectivity index (χ1) is 10.7. The number of hydrogen-bond acceptors (Lipinski definition) is 3. The molecular weight excluding hydrogens is 292 g/mol. The van der Waals surface area contributed by atoms with E-state index in [9.17, 15) is 4.79 Å². The van der Waals surface area contributed by atoms with Crippen LogP contribution in [0.25, 0.3) is 0 Å². The standard InChI is InChI=1S/C17H34N4O2/c1-7-18-15(20-13(2)3)19-11-14-9-8-10-21(12-14)16(22)23-17(4,5)6/h13-14H,7-12H2,1-6H3,(H2,18,19,20). The molecule has 23 heavy (non-hydrogen) atoms. The summed E-state index contributed by atoms with van der Waals surface area (Å²) < 4.78 is 5.47. The molecule has 1 heterocycles. The van der Waals surface area contributed by atoms with Gasteiger partial charge in [-0.05, 0) is 60.3 Å². The Kier molecular flexibility index (Phi) is 7.65. The average Bonchev–Trinajstić information content (AvgIpc) is 2.43. The molecule has 0 aliphatic carbocycles. The molecule has 2 N–H and O–H groups in total. The molecule has 1 aliphatic rings. The van der Waals surface area contributed by atoms with Gasteiger partial charge in [-0.15, -0.1) is 0 Å². The lowest BCUT2D eigenvalue weighted by Crippen LogP contribution is -2.44. The molecule has 134 valence electrons. The zero-order valence-electron chi connectivity index (χ0n) is 15.6. The molecule has 0 spiro atoms. The number of likely N-dealkylation sites (tertiary alicyclic amines) is 1. The second kappa shape index (κ2) is 8.99. The van der Waals surface area contributed by atoms with Gasteiger partial charge in [0.1, 0.15) is 5.60 Å². The van der Waals surface area contributed by atoms with Crippen molar-refractivity contribution in [3.8, 4) is 0 Å². The van der Waals surface area contributed by atoms with E-state index in [1.165, 1.54) is 0 Å². The summed E-state index contributed by atoms with van der Waals surface area (Å²) in [5, 5.41) is 6.57. The minimum Gasteiger partial charge on any atom is -0.444 e. The Morgan fingerprint density at radius 3 is 2.65 bits per heavy atom. The van der Waals surface area contributed by atoms with Gasteiger partial charge in [-0.3, -0.25) is 4.99 Å². The number of carbonyl (C=O) groups excluding carboxylic acids is 1. The van der Waals surface area contributed by atoms with Crippen LogP contribution in [0.2, 0.25) is 0 Å². The topological polar surface area (TPSA) is 66.0 Å². The van der Waals surface area contributed by atoms with Gasteiger partial charge in [-0.25, -0.2) is 4.79 Å². The van der Waals surface area contributed by atoms with Crippen LogP contribution in [-0.4, -0.2) is 54.8 Å². The van der Waals surface area contributed by atoms with Crippen molar-refractivity contribution in [3.63, 3.8) is 0 Å². The molecule has 6 heteroatoms. The monoisotopic (exact) mass is 326 g/mol. The Bertz CT molecular complexity index is 402. The summed E-state index contributed by atoms with van der Waals surface area (Å²) in [6.45, 7) is 15.0. The first kappa shape index (κ1) is 19.6. The highest BCUT2D eigenvalue weighted by Crippen LogP contribution is 2.19. The van der Waals surface area contributed by atoms with E-state index in [0.29, 0.717) is 12.0 Å². The lowest BCUT2D eigenvalue weighted by molar-refractivity contribution is 0.0170. The van der Waals surface area contributed by atoms with Gasteiger partial charge in [0, 0.05) is 32.2 Å². The highest BCUT2D eigenvalue weighted by Gasteiger charge is 2.27. The summed E-state index contributed by atoms with van der Waals surface area (Å²) in [4.78, 5) is 18.7. The third kappa shape index (κ3) is 8.09. The van der Waals surface area contributed by atoms with E-state index in [1.807, 2.05) is 25.7 Å². The van der Waals surface area contributed by atoms with Crippen molar-refractivity contribution in [1.82, 2.24) is 15.5 Å². The van der Waals surface area contributed by atoms with Crippen LogP contribution >= 0.6 is 0 Å². The predicted octanol–water partition coefficient (Wildman–Crippen LogP) is 2.60. The van der Waals surface area contributed by atoms with E-state index < -0.39 is 5.60 Å². The van der Waals surface area contributed by atoms with Gasteiger partial charge in [-0.1, -0.05) is 0 Å². The molecule has 0 aromatic carbocycles. The van der Waals surface area contributed by atoms with Crippen molar-refractivity contribution >= 4 is 12.1 Å². The maximum Gasteiger partial charge on any atom is 0.410 e.